The van der Waals surface area contributed by atoms with Gasteiger partial charge in [0.1, 0.15) is 0 Å². The summed E-state index contributed by atoms with van der Waals surface area (Å²) in [7, 11) is 1.87. The van der Waals surface area contributed by atoms with Crippen LogP contribution in [0.2, 0.25) is 0 Å². The maximum atomic E-state index is 11.3. The van der Waals surface area contributed by atoms with Crippen molar-refractivity contribution in [2.24, 2.45) is 0 Å². The molecule has 1 heterocycles. The van der Waals surface area contributed by atoms with Crippen LogP contribution < -0.4 is 10.6 Å². The number of likely N-dealkylation sites (N-methyl/N-ethyl adjacent to an activating group) is 1. The first-order valence-electron chi connectivity index (χ1n) is 5.36. The van der Waals surface area contributed by atoms with E-state index in [2.05, 4.69) is 10.6 Å². The van der Waals surface area contributed by atoms with Gasteiger partial charge in [-0.3, -0.25) is 4.79 Å². The van der Waals surface area contributed by atoms with Crippen molar-refractivity contribution in [2.45, 2.75) is 31.8 Å². The van der Waals surface area contributed by atoms with E-state index < -0.39 is 0 Å². The molecule has 1 unspecified atom stereocenters. The number of hydrogen-bond donors (Lipinski definition) is 2. The normalized spacial score (nSPS) is 19.7. The highest BCUT2D eigenvalue weighted by molar-refractivity contribution is 5.85. The molecule has 0 bridgehead atoms. The number of nitrogens with one attached hydrogen (secondary N) is 2. The minimum absolute atomic E-state index is 0. The zero-order valence-electron chi connectivity index (χ0n) is 9.25. The maximum absolute atomic E-state index is 11.3. The molecule has 0 aromatic carbocycles. The van der Waals surface area contributed by atoms with E-state index in [4.69, 9.17) is 4.74 Å². The van der Waals surface area contributed by atoms with Gasteiger partial charge in [0.05, 0.1) is 6.10 Å². The first kappa shape index (κ1) is 14.7. The molecule has 0 aromatic heterocycles. The molecule has 1 fully saturated rings. The molecule has 0 spiro atoms. The molecular weight excluding hydrogens is 216 g/mol. The molecule has 1 atom stereocenters. The summed E-state index contributed by atoms with van der Waals surface area (Å²) in [6.45, 7) is 2.40. The van der Waals surface area contributed by atoms with Crippen LogP contribution in [-0.4, -0.2) is 38.8 Å². The first-order valence-corrected chi connectivity index (χ1v) is 5.36. The molecule has 1 aliphatic rings. The fourth-order valence-corrected chi connectivity index (χ4v) is 1.58. The zero-order chi connectivity index (χ0) is 10.2. The Balaban J connectivity index is 0.00000196. The third-order valence-corrected chi connectivity index (χ3v) is 2.41. The zero-order valence-corrected chi connectivity index (χ0v) is 10.1. The van der Waals surface area contributed by atoms with Crippen molar-refractivity contribution in [3.63, 3.8) is 0 Å². The van der Waals surface area contributed by atoms with Crippen molar-refractivity contribution in [3.8, 4) is 0 Å². The summed E-state index contributed by atoms with van der Waals surface area (Å²) < 4.78 is 5.44. The molecule has 90 valence electrons. The van der Waals surface area contributed by atoms with E-state index in [9.17, 15) is 4.79 Å². The van der Waals surface area contributed by atoms with Crippen molar-refractivity contribution in [2.75, 3.05) is 26.7 Å². The number of amides is 1. The first-order chi connectivity index (χ1) is 6.83. The van der Waals surface area contributed by atoms with Gasteiger partial charge in [-0.1, -0.05) is 0 Å². The lowest BCUT2D eigenvalue weighted by molar-refractivity contribution is -0.121. The highest BCUT2D eigenvalue weighted by Gasteiger charge is 2.16. The Morgan fingerprint density at radius 1 is 1.47 bits per heavy atom. The monoisotopic (exact) mass is 236 g/mol. The van der Waals surface area contributed by atoms with Gasteiger partial charge in [0.2, 0.25) is 5.91 Å². The number of hydrogen-bond acceptors (Lipinski definition) is 3. The molecule has 0 aliphatic carbocycles. The van der Waals surface area contributed by atoms with Gasteiger partial charge in [0.15, 0.2) is 0 Å². The Kier molecular flexibility index (Phi) is 8.76. The van der Waals surface area contributed by atoms with Crippen LogP contribution in [0.5, 0.6) is 0 Å². The molecule has 0 saturated carbocycles. The van der Waals surface area contributed by atoms with Gasteiger partial charge in [0.25, 0.3) is 0 Å². The Labute approximate surface area is 97.5 Å². The van der Waals surface area contributed by atoms with E-state index in [1.54, 1.807) is 0 Å². The average Bonchev–Trinajstić information content (AvgIpc) is 2.68. The van der Waals surface area contributed by atoms with E-state index in [0.29, 0.717) is 19.1 Å². The molecule has 1 saturated heterocycles. The Morgan fingerprint density at radius 3 is 2.87 bits per heavy atom. The quantitative estimate of drug-likeness (QED) is 0.668. The van der Waals surface area contributed by atoms with Crippen LogP contribution in [0.25, 0.3) is 0 Å². The fourth-order valence-electron chi connectivity index (χ4n) is 1.58. The molecule has 0 radical (unpaired) electrons. The molecule has 5 heteroatoms. The minimum Gasteiger partial charge on any atom is -0.378 e. The Bertz CT molecular complexity index is 173. The molecule has 4 nitrogen and oxygen atoms in total. The van der Waals surface area contributed by atoms with Crippen LogP contribution in [-0.2, 0) is 9.53 Å². The van der Waals surface area contributed by atoms with Crippen molar-refractivity contribution >= 4 is 18.3 Å². The Morgan fingerprint density at radius 2 is 2.27 bits per heavy atom. The summed E-state index contributed by atoms with van der Waals surface area (Å²) in [5.74, 6) is 0.135. The van der Waals surface area contributed by atoms with Gasteiger partial charge in [-0.2, -0.15) is 0 Å². The topological polar surface area (TPSA) is 50.4 Å². The second-order valence-corrected chi connectivity index (χ2v) is 3.63. The van der Waals surface area contributed by atoms with E-state index in [1.165, 1.54) is 0 Å². The molecule has 1 amide bonds. The van der Waals surface area contributed by atoms with Crippen molar-refractivity contribution in [3.05, 3.63) is 0 Å². The lowest BCUT2D eigenvalue weighted by Gasteiger charge is -2.09. The largest absolute Gasteiger partial charge is 0.378 e. The minimum atomic E-state index is 0. The number of ether oxygens (including phenoxy) is 1. The molecule has 15 heavy (non-hydrogen) atoms. The van der Waals surface area contributed by atoms with Gasteiger partial charge >= 0.3 is 0 Å². The molecule has 0 aromatic rings. The standard InChI is InChI=1S/C10H20N2O2.ClH/c1-11-6-7-12-10(13)5-4-9-3-2-8-14-9;/h9,11H,2-8H2,1H3,(H,12,13);1H. The van der Waals surface area contributed by atoms with E-state index >= 15 is 0 Å². The van der Waals surface area contributed by atoms with Crippen LogP contribution >= 0.6 is 12.4 Å². The SMILES string of the molecule is CNCCNC(=O)CCC1CCCO1.Cl. The van der Waals surface area contributed by atoms with Crippen molar-refractivity contribution < 1.29 is 9.53 Å². The summed E-state index contributed by atoms with van der Waals surface area (Å²) in [4.78, 5) is 11.3. The summed E-state index contributed by atoms with van der Waals surface area (Å²) in [6, 6.07) is 0. The predicted octanol–water partition coefficient (Wildman–Crippen LogP) is 0.703. The lowest BCUT2D eigenvalue weighted by atomic mass is 10.1. The summed E-state index contributed by atoms with van der Waals surface area (Å²) >= 11 is 0. The number of carbonyl (C=O) groups is 1. The maximum Gasteiger partial charge on any atom is 0.220 e. The average molecular weight is 237 g/mol. The van der Waals surface area contributed by atoms with Crippen LogP contribution in [0.3, 0.4) is 0 Å². The van der Waals surface area contributed by atoms with Gasteiger partial charge < -0.3 is 15.4 Å². The van der Waals surface area contributed by atoms with Crippen LogP contribution in [0.15, 0.2) is 0 Å². The fraction of sp³-hybridized carbons (Fsp3) is 0.900. The number of rotatable bonds is 6. The lowest BCUT2D eigenvalue weighted by Crippen LogP contribution is -2.30. The van der Waals surface area contributed by atoms with Crippen molar-refractivity contribution in [1.82, 2.24) is 10.6 Å². The smallest absolute Gasteiger partial charge is 0.220 e. The molecule has 1 rings (SSSR count). The number of halogens is 1. The van der Waals surface area contributed by atoms with Crippen LogP contribution in [0.1, 0.15) is 25.7 Å². The highest BCUT2D eigenvalue weighted by Crippen LogP contribution is 2.16. The third kappa shape index (κ3) is 6.71. The number of carbonyl (C=O) groups excluding carboxylic acids is 1. The predicted molar refractivity (Wildman–Crippen MR) is 62.4 cm³/mol. The van der Waals surface area contributed by atoms with Crippen LogP contribution in [0.4, 0.5) is 0 Å². The molecule has 1 aliphatic heterocycles. The van der Waals surface area contributed by atoms with Gasteiger partial charge in [-0.05, 0) is 26.3 Å². The highest BCUT2D eigenvalue weighted by atomic mass is 35.5. The van der Waals surface area contributed by atoms with E-state index in [1.807, 2.05) is 7.05 Å². The molecular formula is C10H21ClN2O2. The third-order valence-electron chi connectivity index (χ3n) is 2.41. The van der Waals surface area contributed by atoms with E-state index in [0.717, 1.165) is 32.4 Å². The summed E-state index contributed by atoms with van der Waals surface area (Å²) in [5.41, 5.74) is 0. The van der Waals surface area contributed by atoms with Gasteiger partial charge in [-0.15, -0.1) is 12.4 Å². The van der Waals surface area contributed by atoms with Crippen LogP contribution in [0, 0.1) is 0 Å². The summed E-state index contributed by atoms with van der Waals surface area (Å²) in [6.07, 6.45) is 4.04. The van der Waals surface area contributed by atoms with Gasteiger partial charge in [0, 0.05) is 26.1 Å². The van der Waals surface area contributed by atoms with Crippen molar-refractivity contribution in [1.29, 1.82) is 0 Å². The summed E-state index contributed by atoms with van der Waals surface area (Å²) in [5, 5.41) is 5.83. The van der Waals surface area contributed by atoms with E-state index in [-0.39, 0.29) is 18.3 Å². The molecule has 2 N–H and O–H groups in total. The second-order valence-electron chi connectivity index (χ2n) is 3.63. The van der Waals surface area contributed by atoms with Gasteiger partial charge in [-0.25, -0.2) is 0 Å². The second kappa shape index (κ2) is 8.95. The Hall–Kier alpha value is -0.320.